The summed E-state index contributed by atoms with van der Waals surface area (Å²) in [4.78, 5) is 37.9. The van der Waals surface area contributed by atoms with Crippen molar-refractivity contribution in [1.82, 2.24) is 9.55 Å². The van der Waals surface area contributed by atoms with Gasteiger partial charge in [0, 0.05) is 0 Å². The molecule has 0 bridgehead atoms. The molecule has 6 heteroatoms. The van der Waals surface area contributed by atoms with Gasteiger partial charge in [-0.05, 0) is 19.1 Å². The Balaban J connectivity index is 0.000000269. The van der Waals surface area contributed by atoms with Crippen LogP contribution in [-0.2, 0) is 16.1 Å². The van der Waals surface area contributed by atoms with Crippen LogP contribution >= 0.6 is 0 Å². The molecule has 0 spiro atoms. The summed E-state index contributed by atoms with van der Waals surface area (Å²) >= 11 is 0. The molecule has 0 unspecified atom stereocenters. The molecule has 0 aliphatic heterocycles. The SMILES string of the molecule is COC(=O)Cn1c(=O)c(C=O)nc2ccccc21.Cc1ccccc1. The fourth-order valence-corrected chi connectivity index (χ4v) is 2.17. The van der Waals surface area contributed by atoms with Gasteiger partial charge in [-0.1, -0.05) is 48.0 Å². The lowest BCUT2D eigenvalue weighted by Gasteiger charge is -2.08. The number of hydrogen-bond donors (Lipinski definition) is 0. The molecule has 3 aromatic rings. The average Bonchev–Trinajstić information content (AvgIpc) is 2.64. The Morgan fingerprint density at radius 1 is 1.12 bits per heavy atom. The van der Waals surface area contributed by atoms with Gasteiger partial charge in [0.1, 0.15) is 6.54 Å². The summed E-state index contributed by atoms with van der Waals surface area (Å²) in [6, 6.07) is 17.0. The molecule has 6 nitrogen and oxygen atoms in total. The third-order valence-electron chi connectivity index (χ3n) is 3.44. The third-order valence-corrected chi connectivity index (χ3v) is 3.44. The molecule has 25 heavy (non-hydrogen) atoms. The van der Waals surface area contributed by atoms with E-state index in [4.69, 9.17) is 0 Å². The number of carbonyl (C=O) groups is 2. The maximum absolute atomic E-state index is 11.9. The fourth-order valence-electron chi connectivity index (χ4n) is 2.17. The largest absolute Gasteiger partial charge is 0.468 e. The van der Waals surface area contributed by atoms with Gasteiger partial charge in [-0.3, -0.25) is 19.0 Å². The van der Waals surface area contributed by atoms with Gasteiger partial charge in [0.05, 0.1) is 18.1 Å². The first kappa shape index (κ1) is 18.1. The molecule has 0 fully saturated rings. The zero-order valence-electron chi connectivity index (χ0n) is 14.0. The summed E-state index contributed by atoms with van der Waals surface area (Å²) in [5.74, 6) is -0.565. The minimum atomic E-state index is -0.603. The number of aromatic nitrogens is 2. The van der Waals surface area contributed by atoms with Crippen LogP contribution < -0.4 is 5.56 Å². The highest BCUT2D eigenvalue weighted by Gasteiger charge is 2.12. The Hall–Kier alpha value is -3.28. The van der Waals surface area contributed by atoms with E-state index in [1.54, 1.807) is 24.3 Å². The van der Waals surface area contributed by atoms with Crippen LogP contribution in [0, 0.1) is 6.92 Å². The van der Waals surface area contributed by atoms with Crippen LogP contribution in [0.5, 0.6) is 0 Å². The third kappa shape index (κ3) is 4.60. The first-order valence-electron chi connectivity index (χ1n) is 7.60. The van der Waals surface area contributed by atoms with E-state index < -0.39 is 11.5 Å². The van der Waals surface area contributed by atoms with Crippen LogP contribution in [-0.4, -0.2) is 28.9 Å². The number of para-hydroxylation sites is 2. The highest BCUT2D eigenvalue weighted by molar-refractivity contribution is 5.81. The van der Waals surface area contributed by atoms with Crippen LogP contribution in [0.25, 0.3) is 11.0 Å². The first-order chi connectivity index (χ1) is 12.1. The second-order valence-corrected chi connectivity index (χ2v) is 5.23. The van der Waals surface area contributed by atoms with E-state index in [1.807, 2.05) is 18.2 Å². The van der Waals surface area contributed by atoms with E-state index in [2.05, 4.69) is 28.8 Å². The predicted octanol–water partition coefficient (Wildman–Crippen LogP) is 2.38. The van der Waals surface area contributed by atoms with Crippen molar-refractivity contribution in [3.8, 4) is 0 Å². The lowest BCUT2D eigenvalue weighted by molar-refractivity contribution is -0.141. The normalized spacial score (nSPS) is 9.84. The number of aryl methyl sites for hydroxylation is 1. The number of benzene rings is 2. The van der Waals surface area contributed by atoms with E-state index in [0.29, 0.717) is 17.3 Å². The van der Waals surface area contributed by atoms with Crippen molar-refractivity contribution in [1.29, 1.82) is 0 Å². The number of ether oxygens (including phenoxy) is 1. The quantitative estimate of drug-likeness (QED) is 0.541. The van der Waals surface area contributed by atoms with E-state index in [-0.39, 0.29) is 12.2 Å². The second kappa shape index (κ2) is 8.54. The summed E-state index contributed by atoms with van der Waals surface area (Å²) < 4.78 is 5.70. The summed E-state index contributed by atoms with van der Waals surface area (Å²) in [6.07, 6.45) is 0.378. The average molecular weight is 338 g/mol. The van der Waals surface area contributed by atoms with Gasteiger partial charge >= 0.3 is 5.97 Å². The van der Waals surface area contributed by atoms with E-state index in [0.717, 1.165) is 0 Å². The molecule has 2 aromatic carbocycles. The number of aldehydes is 1. The summed E-state index contributed by atoms with van der Waals surface area (Å²) in [5, 5.41) is 0. The fraction of sp³-hybridized carbons (Fsp3) is 0.158. The molecular formula is C19H18N2O4. The molecule has 3 rings (SSSR count). The van der Waals surface area contributed by atoms with E-state index in [9.17, 15) is 14.4 Å². The lowest BCUT2D eigenvalue weighted by atomic mass is 10.2. The van der Waals surface area contributed by atoms with Crippen LogP contribution in [0.4, 0.5) is 0 Å². The number of hydrogen-bond acceptors (Lipinski definition) is 5. The molecule has 0 N–H and O–H groups in total. The number of rotatable bonds is 3. The zero-order valence-corrected chi connectivity index (χ0v) is 14.0. The summed E-state index contributed by atoms with van der Waals surface area (Å²) in [7, 11) is 1.23. The number of fused-ring (bicyclic) bond motifs is 1. The molecule has 0 saturated heterocycles. The van der Waals surface area contributed by atoms with Crippen molar-refractivity contribution in [2.75, 3.05) is 7.11 Å². The first-order valence-corrected chi connectivity index (χ1v) is 7.60. The number of carbonyl (C=O) groups excluding carboxylic acids is 2. The number of nitrogens with zero attached hydrogens (tertiary/aromatic N) is 2. The zero-order chi connectivity index (χ0) is 18.2. The van der Waals surface area contributed by atoms with Crippen LogP contribution in [0.1, 0.15) is 16.1 Å². The standard InChI is InChI=1S/C12H10N2O4.C7H8/c1-18-11(16)6-14-10-5-3-2-4-8(10)13-9(7-15)12(14)17;1-7-5-3-2-4-6-7/h2-5,7H,6H2,1H3;2-6H,1H3. The molecule has 0 amide bonds. The Labute approximate surface area is 144 Å². The van der Waals surface area contributed by atoms with Gasteiger partial charge in [0.25, 0.3) is 5.56 Å². The van der Waals surface area contributed by atoms with Gasteiger partial charge in [0.2, 0.25) is 0 Å². The molecule has 0 atom stereocenters. The maximum Gasteiger partial charge on any atom is 0.325 e. The summed E-state index contributed by atoms with van der Waals surface area (Å²) in [5.41, 5.74) is 1.45. The Kier molecular flexibility index (Phi) is 6.17. The van der Waals surface area contributed by atoms with Gasteiger partial charge in [-0.15, -0.1) is 0 Å². The molecule has 0 saturated carbocycles. The van der Waals surface area contributed by atoms with E-state index >= 15 is 0 Å². The van der Waals surface area contributed by atoms with Crippen LogP contribution in [0.2, 0.25) is 0 Å². The van der Waals surface area contributed by atoms with E-state index in [1.165, 1.54) is 17.2 Å². The van der Waals surface area contributed by atoms with Crippen molar-refractivity contribution in [3.63, 3.8) is 0 Å². The minimum absolute atomic E-state index is 0.224. The van der Waals surface area contributed by atoms with Crippen molar-refractivity contribution in [2.24, 2.45) is 0 Å². The monoisotopic (exact) mass is 338 g/mol. The van der Waals surface area contributed by atoms with Crippen molar-refractivity contribution in [2.45, 2.75) is 13.5 Å². The number of methoxy groups -OCH3 is 1. The molecule has 0 aliphatic rings. The molecule has 1 heterocycles. The Morgan fingerprint density at radius 3 is 2.32 bits per heavy atom. The highest BCUT2D eigenvalue weighted by Crippen LogP contribution is 2.09. The molecule has 1 aromatic heterocycles. The Morgan fingerprint density at radius 2 is 1.76 bits per heavy atom. The van der Waals surface area contributed by atoms with Crippen molar-refractivity contribution < 1.29 is 14.3 Å². The highest BCUT2D eigenvalue weighted by atomic mass is 16.5. The van der Waals surface area contributed by atoms with Gasteiger partial charge in [-0.25, -0.2) is 4.98 Å². The topological polar surface area (TPSA) is 78.3 Å². The van der Waals surface area contributed by atoms with Crippen molar-refractivity contribution >= 4 is 23.3 Å². The van der Waals surface area contributed by atoms with Gasteiger partial charge in [-0.2, -0.15) is 0 Å². The van der Waals surface area contributed by atoms with Gasteiger partial charge in [0.15, 0.2) is 12.0 Å². The molecule has 0 radical (unpaired) electrons. The predicted molar refractivity (Wildman–Crippen MR) is 94.6 cm³/mol. The smallest absolute Gasteiger partial charge is 0.325 e. The second-order valence-electron chi connectivity index (χ2n) is 5.23. The van der Waals surface area contributed by atoms with Crippen molar-refractivity contribution in [3.05, 3.63) is 76.2 Å². The van der Waals surface area contributed by atoms with Crippen LogP contribution in [0.3, 0.4) is 0 Å². The maximum atomic E-state index is 11.9. The van der Waals surface area contributed by atoms with Gasteiger partial charge < -0.3 is 4.74 Å². The lowest BCUT2D eigenvalue weighted by Crippen LogP contribution is -2.29. The number of esters is 1. The van der Waals surface area contributed by atoms with Crippen LogP contribution in [0.15, 0.2) is 59.4 Å². The molecular weight excluding hydrogens is 320 g/mol. The minimum Gasteiger partial charge on any atom is -0.468 e. The molecule has 128 valence electrons. The molecule has 0 aliphatic carbocycles. The summed E-state index contributed by atoms with van der Waals surface area (Å²) in [6.45, 7) is 1.83. The Bertz CT molecular complexity index is 933.